The van der Waals surface area contributed by atoms with E-state index in [1.165, 1.54) is 0 Å². The molecule has 1 amide bonds. The number of hydrogen-bond donors (Lipinski definition) is 2. The van der Waals surface area contributed by atoms with Crippen molar-refractivity contribution in [1.82, 2.24) is 5.32 Å². The Bertz CT molecular complexity index is 383. The Labute approximate surface area is 123 Å². The van der Waals surface area contributed by atoms with Gasteiger partial charge in [-0.25, -0.2) is 0 Å². The van der Waals surface area contributed by atoms with Crippen molar-refractivity contribution < 1.29 is 9.90 Å². The van der Waals surface area contributed by atoms with Gasteiger partial charge in [-0.2, -0.15) is 0 Å². The summed E-state index contributed by atoms with van der Waals surface area (Å²) in [6.45, 7) is 0. The van der Waals surface area contributed by atoms with Crippen molar-refractivity contribution in [1.29, 1.82) is 0 Å². The molecule has 5 heteroatoms. The second kappa shape index (κ2) is 8.41. The van der Waals surface area contributed by atoms with Crippen LogP contribution in [0.25, 0.3) is 0 Å². The van der Waals surface area contributed by atoms with Crippen LogP contribution >= 0.6 is 23.2 Å². The highest BCUT2D eigenvalue weighted by molar-refractivity contribution is 6.41. The normalized spacial score (nSPS) is 22.1. The number of hydrogen-bond acceptors (Lipinski definition) is 2. The Morgan fingerprint density at radius 1 is 1.16 bits per heavy atom. The molecule has 0 aromatic heterocycles. The summed E-state index contributed by atoms with van der Waals surface area (Å²) in [4.78, 5) is 11.1. The molecule has 2 rings (SSSR count). The zero-order valence-electron chi connectivity index (χ0n) is 10.9. The highest BCUT2D eigenvalue weighted by atomic mass is 35.5. The topological polar surface area (TPSA) is 49.3 Å². The van der Waals surface area contributed by atoms with Gasteiger partial charge in [-0.05, 0) is 37.8 Å². The minimum atomic E-state index is -0.170. The van der Waals surface area contributed by atoms with Crippen LogP contribution in [0.4, 0.5) is 0 Å². The Morgan fingerprint density at radius 3 is 2.00 bits per heavy atom. The molecule has 106 valence electrons. The third kappa shape index (κ3) is 5.81. The molecule has 19 heavy (non-hydrogen) atoms. The van der Waals surface area contributed by atoms with Gasteiger partial charge in [0.25, 0.3) is 0 Å². The lowest BCUT2D eigenvalue weighted by atomic mass is 9.87. The Hall–Kier alpha value is -0.770. The molecule has 1 aromatic carbocycles. The second-order valence-electron chi connectivity index (χ2n) is 4.53. The van der Waals surface area contributed by atoms with E-state index >= 15 is 0 Å². The van der Waals surface area contributed by atoms with E-state index in [0.717, 1.165) is 25.7 Å². The van der Waals surface area contributed by atoms with Gasteiger partial charge in [-0.3, -0.25) is 4.79 Å². The number of rotatable bonds is 1. The van der Waals surface area contributed by atoms with Crippen LogP contribution < -0.4 is 5.32 Å². The quantitative estimate of drug-likeness (QED) is 0.836. The van der Waals surface area contributed by atoms with Gasteiger partial charge in [0.15, 0.2) is 0 Å². The summed E-state index contributed by atoms with van der Waals surface area (Å²) in [5.74, 6) is 0.264. The predicted octanol–water partition coefficient (Wildman–Crippen LogP) is 3.28. The van der Waals surface area contributed by atoms with Gasteiger partial charge >= 0.3 is 0 Å². The summed E-state index contributed by atoms with van der Waals surface area (Å²) in [5, 5.41) is 13.0. The molecule has 1 aromatic rings. The molecule has 1 saturated carbocycles. The summed E-state index contributed by atoms with van der Waals surface area (Å²) in [5.41, 5.74) is 0. The maximum atomic E-state index is 11.1. The molecule has 0 atom stereocenters. The van der Waals surface area contributed by atoms with E-state index in [9.17, 15) is 4.79 Å². The van der Waals surface area contributed by atoms with Crippen LogP contribution in [0.5, 0.6) is 0 Å². The summed E-state index contributed by atoms with van der Waals surface area (Å²) in [7, 11) is 1.66. The molecule has 1 aliphatic rings. The van der Waals surface area contributed by atoms with Crippen LogP contribution in [-0.4, -0.2) is 24.2 Å². The molecule has 0 aliphatic heterocycles. The third-order valence-electron chi connectivity index (χ3n) is 3.14. The second-order valence-corrected chi connectivity index (χ2v) is 5.35. The molecule has 0 radical (unpaired) electrons. The monoisotopic (exact) mass is 303 g/mol. The molecular formula is C14H19Cl2NO2. The van der Waals surface area contributed by atoms with Crippen LogP contribution in [0.3, 0.4) is 0 Å². The SMILES string of the molecule is CNC(=O)C1CCC(O)CC1.Clc1ccccc1Cl. The molecule has 0 bridgehead atoms. The van der Waals surface area contributed by atoms with E-state index < -0.39 is 0 Å². The average molecular weight is 304 g/mol. The fraction of sp³-hybridized carbons (Fsp3) is 0.500. The first-order valence-electron chi connectivity index (χ1n) is 6.34. The predicted molar refractivity (Wildman–Crippen MR) is 78.5 cm³/mol. The van der Waals surface area contributed by atoms with E-state index in [4.69, 9.17) is 28.3 Å². The minimum absolute atomic E-state index is 0.122. The lowest BCUT2D eigenvalue weighted by Gasteiger charge is -2.23. The smallest absolute Gasteiger partial charge is 0.222 e. The first-order valence-corrected chi connectivity index (χ1v) is 7.10. The van der Waals surface area contributed by atoms with Crippen LogP contribution in [0.2, 0.25) is 10.0 Å². The van der Waals surface area contributed by atoms with Crippen molar-refractivity contribution in [2.75, 3.05) is 7.05 Å². The molecule has 1 fully saturated rings. The molecular weight excluding hydrogens is 285 g/mol. The molecule has 0 saturated heterocycles. The maximum absolute atomic E-state index is 11.1. The Kier molecular flexibility index (Phi) is 7.21. The van der Waals surface area contributed by atoms with Gasteiger partial charge in [0.2, 0.25) is 5.91 Å². The highest BCUT2D eigenvalue weighted by Crippen LogP contribution is 2.23. The van der Waals surface area contributed by atoms with Crippen molar-refractivity contribution >= 4 is 29.1 Å². The van der Waals surface area contributed by atoms with Crippen molar-refractivity contribution in [2.45, 2.75) is 31.8 Å². The number of aliphatic hydroxyl groups excluding tert-OH is 1. The average Bonchev–Trinajstić information content (AvgIpc) is 2.43. The van der Waals surface area contributed by atoms with E-state index in [2.05, 4.69) is 5.32 Å². The van der Waals surface area contributed by atoms with E-state index in [-0.39, 0.29) is 17.9 Å². The molecule has 0 heterocycles. The fourth-order valence-electron chi connectivity index (χ4n) is 1.98. The number of halogens is 2. The number of carbonyl (C=O) groups is 1. The first-order chi connectivity index (χ1) is 9.04. The van der Waals surface area contributed by atoms with Gasteiger partial charge in [0, 0.05) is 13.0 Å². The van der Waals surface area contributed by atoms with Crippen molar-refractivity contribution in [2.24, 2.45) is 5.92 Å². The molecule has 2 N–H and O–H groups in total. The zero-order chi connectivity index (χ0) is 14.3. The summed E-state index contributed by atoms with van der Waals surface area (Å²) >= 11 is 11.2. The first kappa shape index (κ1) is 16.3. The Balaban J connectivity index is 0.000000200. The molecule has 3 nitrogen and oxygen atoms in total. The van der Waals surface area contributed by atoms with Crippen LogP contribution in [0, 0.1) is 5.92 Å². The third-order valence-corrected chi connectivity index (χ3v) is 3.89. The standard InChI is InChI=1S/C8H15NO2.C6H4Cl2/c1-9-8(11)6-2-4-7(10)5-3-6;7-5-3-1-2-4-6(5)8/h6-7,10H,2-5H2,1H3,(H,9,11);1-4H. The van der Waals surface area contributed by atoms with Crippen LogP contribution in [0.1, 0.15) is 25.7 Å². The lowest BCUT2D eigenvalue weighted by Crippen LogP contribution is -2.31. The summed E-state index contributed by atoms with van der Waals surface area (Å²) in [6.07, 6.45) is 3.05. The number of benzene rings is 1. The summed E-state index contributed by atoms with van der Waals surface area (Å²) < 4.78 is 0. The van der Waals surface area contributed by atoms with Gasteiger partial charge in [0.1, 0.15) is 0 Å². The van der Waals surface area contributed by atoms with Gasteiger partial charge in [0.05, 0.1) is 16.1 Å². The Morgan fingerprint density at radius 2 is 1.63 bits per heavy atom. The lowest BCUT2D eigenvalue weighted by molar-refractivity contribution is -0.126. The van der Waals surface area contributed by atoms with Gasteiger partial charge in [-0.1, -0.05) is 35.3 Å². The maximum Gasteiger partial charge on any atom is 0.222 e. The minimum Gasteiger partial charge on any atom is -0.393 e. The number of aliphatic hydroxyl groups is 1. The largest absolute Gasteiger partial charge is 0.393 e. The van der Waals surface area contributed by atoms with Gasteiger partial charge < -0.3 is 10.4 Å². The van der Waals surface area contributed by atoms with E-state index in [1.807, 2.05) is 12.1 Å². The van der Waals surface area contributed by atoms with E-state index in [1.54, 1.807) is 19.2 Å². The number of nitrogens with one attached hydrogen (secondary N) is 1. The van der Waals surface area contributed by atoms with Crippen molar-refractivity contribution in [3.8, 4) is 0 Å². The van der Waals surface area contributed by atoms with E-state index in [0.29, 0.717) is 10.0 Å². The van der Waals surface area contributed by atoms with Crippen LogP contribution in [-0.2, 0) is 4.79 Å². The van der Waals surface area contributed by atoms with Crippen molar-refractivity contribution in [3.05, 3.63) is 34.3 Å². The molecule has 1 aliphatic carbocycles. The summed E-state index contributed by atoms with van der Waals surface area (Å²) in [6, 6.07) is 7.19. The van der Waals surface area contributed by atoms with Crippen LogP contribution in [0.15, 0.2) is 24.3 Å². The number of amides is 1. The number of carbonyl (C=O) groups excluding carboxylic acids is 1. The highest BCUT2D eigenvalue weighted by Gasteiger charge is 2.23. The molecule has 0 unspecified atom stereocenters. The zero-order valence-corrected chi connectivity index (χ0v) is 12.4. The van der Waals surface area contributed by atoms with Crippen molar-refractivity contribution in [3.63, 3.8) is 0 Å². The van der Waals surface area contributed by atoms with Gasteiger partial charge in [-0.15, -0.1) is 0 Å². The molecule has 0 spiro atoms. The fourth-order valence-corrected chi connectivity index (χ4v) is 2.25.